The Balaban J connectivity index is 3.43. The summed E-state index contributed by atoms with van der Waals surface area (Å²) >= 11 is 1.69. The average molecular weight is 287 g/mol. The highest BCUT2D eigenvalue weighted by Gasteiger charge is 2.09. The van der Waals surface area contributed by atoms with E-state index < -0.39 is 0 Å². The number of rotatable bonds is 6. The summed E-state index contributed by atoms with van der Waals surface area (Å²) in [6.07, 6.45) is 7.54. The molecule has 0 aliphatic heterocycles. The molecule has 0 aromatic carbocycles. The molecule has 0 saturated heterocycles. The van der Waals surface area contributed by atoms with Crippen molar-refractivity contribution in [1.82, 2.24) is 9.97 Å². The number of aliphatic imine (C=N–C) groups is 1. The first-order chi connectivity index (χ1) is 9.65. The highest BCUT2D eigenvalue weighted by Crippen LogP contribution is 2.28. The van der Waals surface area contributed by atoms with Crippen molar-refractivity contribution in [2.75, 3.05) is 5.75 Å². The Morgan fingerprint density at radius 1 is 1.40 bits per heavy atom. The van der Waals surface area contributed by atoms with E-state index in [9.17, 15) is 0 Å². The van der Waals surface area contributed by atoms with Crippen molar-refractivity contribution in [3.63, 3.8) is 0 Å². The molecule has 0 fully saturated rings. The predicted octanol–water partition coefficient (Wildman–Crippen LogP) is 4.52. The van der Waals surface area contributed by atoms with Gasteiger partial charge in [0, 0.05) is 11.8 Å². The quantitative estimate of drug-likeness (QED) is 0.570. The minimum atomic E-state index is 0.747. The molecule has 0 saturated carbocycles. The molecule has 0 bridgehead atoms. The summed E-state index contributed by atoms with van der Waals surface area (Å²) in [6.45, 7) is 11.8. The second-order valence-electron chi connectivity index (χ2n) is 3.97. The fourth-order valence-electron chi connectivity index (χ4n) is 1.72. The van der Waals surface area contributed by atoms with E-state index in [4.69, 9.17) is 0 Å². The van der Waals surface area contributed by atoms with Crippen molar-refractivity contribution in [3.8, 4) is 0 Å². The van der Waals surface area contributed by atoms with Gasteiger partial charge >= 0.3 is 0 Å². The summed E-state index contributed by atoms with van der Waals surface area (Å²) in [4.78, 5) is 13.3. The number of nitrogens with zero attached hydrogens (tertiary/aromatic N) is 3. The maximum Gasteiger partial charge on any atom is 0.126 e. The molecule has 1 heterocycles. The Morgan fingerprint density at radius 3 is 2.70 bits per heavy atom. The standard InChI is InChI=1S/C16H21N3S/c1-6-10-13-11-15(19-12(5)18-13)14(7-2)16(17-8-3)20-9-4/h6-8,10-11H,2,9H2,1,3-5H3/b10-6-,16-14-,17-8?. The van der Waals surface area contributed by atoms with Gasteiger partial charge in [-0.25, -0.2) is 9.97 Å². The highest BCUT2D eigenvalue weighted by molar-refractivity contribution is 8.03. The van der Waals surface area contributed by atoms with Crippen LogP contribution in [0.1, 0.15) is 38.0 Å². The van der Waals surface area contributed by atoms with Crippen molar-refractivity contribution in [2.24, 2.45) is 4.99 Å². The van der Waals surface area contributed by atoms with Crippen LogP contribution in [0.25, 0.3) is 11.6 Å². The molecule has 0 N–H and O–H groups in total. The summed E-state index contributed by atoms with van der Waals surface area (Å²) in [5.74, 6) is 1.70. The molecule has 3 nitrogen and oxygen atoms in total. The van der Waals surface area contributed by atoms with Gasteiger partial charge in [-0.1, -0.05) is 25.7 Å². The molecule has 0 spiro atoms. The Labute approximate surface area is 125 Å². The third-order valence-electron chi connectivity index (χ3n) is 2.43. The second kappa shape index (κ2) is 8.48. The van der Waals surface area contributed by atoms with Crippen LogP contribution in [0.2, 0.25) is 0 Å². The molecule has 0 aliphatic rings. The molecule has 1 rings (SSSR count). The molecular formula is C16H21N3S. The van der Waals surface area contributed by atoms with Crippen molar-refractivity contribution in [3.05, 3.63) is 47.0 Å². The van der Waals surface area contributed by atoms with E-state index in [2.05, 4.69) is 28.5 Å². The lowest BCUT2D eigenvalue weighted by molar-refractivity contribution is 1.03. The number of hydrogen-bond acceptors (Lipinski definition) is 4. The zero-order valence-corrected chi connectivity index (χ0v) is 13.4. The zero-order chi connectivity index (χ0) is 15.0. The van der Waals surface area contributed by atoms with E-state index in [0.29, 0.717) is 0 Å². The van der Waals surface area contributed by atoms with Gasteiger partial charge in [0.2, 0.25) is 0 Å². The van der Waals surface area contributed by atoms with Crippen LogP contribution in [0.15, 0.2) is 34.8 Å². The van der Waals surface area contributed by atoms with Crippen LogP contribution >= 0.6 is 11.8 Å². The van der Waals surface area contributed by atoms with E-state index in [1.54, 1.807) is 18.0 Å². The lowest BCUT2D eigenvalue weighted by Gasteiger charge is -2.08. The van der Waals surface area contributed by atoms with Gasteiger partial charge in [0.15, 0.2) is 0 Å². The Bertz CT molecular complexity index is 557. The van der Waals surface area contributed by atoms with Crippen molar-refractivity contribution < 1.29 is 0 Å². The minimum Gasteiger partial charge on any atom is -0.254 e. The van der Waals surface area contributed by atoms with Crippen LogP contribution in [0, 0.1) is 6.92 Å². The molecule has 0 aliphatic carbocycles. The fourth-order valence-corrected chi connectivity index (χ4v) is 2.52. The van der Waals surface area contributed by atoms with Gasteiger partial charge in [0.05, 0.1) is 11.4 Å². The maximum absolute atomic E-state index is 4.51. The first-order valence-corrected chi connectivity index (χ1v) is 7.61. The summed E-state index contributed by atoms with van der Waals surface area (Å²) in [5, 5.41) is 0.939. The molecule has 1 aromatic rings. The lowest BCUT2D eigenvalue weighted by Crippen LogP contribution is -1.98. The van der Waals surface area contributed by atoms with E-state index >= 15 is 0 Å². The number of aryl methyl sites for hydroxylation is 1. The van der Waals surface area contributed by atoms with E-state index in [-0.39, 0.29) is 0 Å². The number of hydrogen-bond donors (Lipinski definition) is 0. The minimum absolute atomic E-state index is 0.747. The summed E-state index contributed by atoms with van der Waals surface area (Å²) < 4.78 is 0. The monoisotopic (exact) mass is 287 g/mol. The fraction of sp³-hybridized carbons (Fsp3) is 0.312. The van der Waals surface area contributed by atoms with Crippen LogP contribution in [0.5, 0.6) is 0 Å². The van der Waals surface area contributed by atoms with Crippen LogP contribution in [0.4, 0.5) is 0 Å². The van der Waals surface area contributed by atoms with Gasteiger partial charge in [-0.3, -0.25) is 4.99 Å². The van der Waals surface area contributed by atoms with E-state index in [0.717, 1.165) is 33.6 Å². The number of aromatic nitrogens is 2. The smallest absolute Gasteiger partial charge is 0.126 e. The third-order valence-corrected chi connectivity index (χ3v) is 3.32. The van der Waals surface area contributed by atoms with Gasteiger partial charge in [-0.2, -0.15) is 0 Å². The maximum atomic E-state index is 4.51. The van der Waals surface area contributed by atoms with Gasteiger partial charge in [0.1, 0.15) is 10.9 Å². The van der Waals surface area contributed by atoms with Gasteiger partial charge < -0.3 is 0 Å². The third kappa shape index (κ3) is 4.46. The normalized spacial score (nSPS) is 13.0. The molecule has 106 valence electrons. The average Bonchev–Trinajstić information content (AvgIpc) is 2.40. The molecule has 4 heteroatoms. The Kier molecular flexibility index (Phi) is 6.94. The molecule has 20 heavy (non-hydrogen) atoms. The summed E-state index contributed by atoms with van der Waals surface area (Å²) in [5.41, 5.74) is 2.71. The number of allylic oxidation sites excluding steroid dienone is 3. The molecule has 0 atom stereocenters. The van der Waals surface area contributed by atoms with E-state index in [1.165, 1.54) is 0 Å². The summed E-state index contributed by atoms with van der Waals surface area (Å²) in [7, 11) is 0. The van der Waals surface area contributed by atoms with E-state index in [1.807, 2.05) is 45.1 Å². The molecule has 0 unspecified atom stereocenters. The van der Waals surface area contributed by atoms with Crippen molar-refractivity contribution in [2.45, 2.75) is 27.7 Å². The van der Waals surface area contributed by atoms with Gasteiger partial charge in [0.25, 0.3) is 0 Å². The van der Waals surface area contributed by atoms with Crippen LogP contribution < -0.4 is 0 Å². The summed E-state index contributed by atoms with van der Waals surface area (Å²) in [6, 6.07) is 1.96. The van der Waals surface area contributed by atoms with Crippen LogP contribution in [0.3, 0.4) is 0 Å². The van der Waals surface area contributed by atoms with Gasteiger partial charge in [-0.05, 0) is 38.7 Å². The predicted molar refractivity (Wildman–Crippen MR) is 90.9 cm³/mol. The Morgan fingerprint density at radius 2 is 2.15 bits per heavy atom. The molecule has 1 aromatic heterocycles. The lowest BCUT2D eigenvalue weighted by atomic mass is 10.1. The second-order valence-corrected chi connectivity index (χ2v) is 5.22. The first-order valence-electron chi connectivity index (χ1n) is 6.63. The van der Waals surface area contributed by atoms with Gasteiger partial charge in [-0.15, -0.1) is 11.8 Å². The topological polar surface area (TPSA) is 38.1 Å². The van der Waals surface area contributed by atoms with Crippen LogP contribution in [-0.2, 0) is 0 Å². The first kappa shape index (κ1) is 16.4. The van der Waals surface area contributed by atoms with Crippen LogP contribution in [-0.4, -0.2) is 21.9 Å². The zero-order valence-electron chi connectivity index (χ0n) is 12.6. The van der Waals surface area contributed by atoms with Crippen molar-refractivity contribution in [1.29, 1.82) is 0 Å². The largest absolute Gasteiger partial charge is 0.254 e. The Hall–Kier alpha value is -1.68. The van der Waals surface area contributed by atoms with Crippen molar-refractivity contribution >= 4 is 29.6 Å². The molecular weight excluding hydrogens is 266 g/mol. The SMILES string of the molecule is C=C/C(=C(\N=CC)SCC)c1cc(/C=C\C)nc(C)n1. The number of thioether (sulfide) groups is 1. The molecule has 0 amide bonds. The highest BCUT2D eigenvalue weighted by atomic mass is 32.2. The molecule has 0 radical (unpaired) electrons.